The number of ether oxygens (including phenoxy) is 1. The standard InChI is InChI=1S/C13H15Cl2NO4/c1-7(11(17)16-13(2,3)12(18)19)20-10-5-4-8(14)6-9(10)15/h4-7H,1-3H3,(H,16,17)(H,18,19). The number of carboxylic acids is 1. The van der Waals surface area contributed by atoms with E-state index in [0.29, 0.717) is 10.8 Å². The van der Waals surface area contributed by atoms with E-state index in [2.05, 4.69) is 5.32 Å². The highest BCUT2D eigenvalue weighted by molar-refractivity contribution is 6.35. The normalized spacial score (nSPS) is 12.7. The molecule has 1 aromatic carbocycles. The molecule has 1 amide bonds. The first-order valence-electron chi connectivity index (χ1n) is 5.80. The van der Waals surface area contributed by atoms with Crippen LogP contribution in [0.15, 0.2) is 18.2 Å². The van der Waals surface area contributed by atoms with E-state index in [0.717, 1.165) is 0 Å². The summed E-state index contributed by atoms with van der Waals surface area (Å²) < 4.78 is 5.39. The Morgan fingerprint density at radius 3 is 2.45 bits per heavy atom. The maximum atomic E-state index is 11.9. The Bertz CT molecular complexity index is 531. The molecular formula is C13H15Cl2NO4. The van der Waals surface area contributed by atoms with Gasteiger partial charge in [0.05, 0.1) is 5.02 Å². The van der Waals surface area contributed by atoms with E-state index < -0.39 is 23.5 Å². The molecule has 0 radical (unpaired) electrons. The van der Waals surface area contributed by atoms with Crippen LogP contribution < -0.4 is 10.1 Å². The van der Waals surface area contributed by atoms with Crippen molar-refractivity contribution in [3.8, 4) is 5.75 Å². The molecule has 0 spiro atoms. The smallest absolute Gasteiger partial charge is 0.328 e. The number of hydrogen-bond acceptors (Lipinski definition) is 3. The van der Waals surface area contributed by atoms with Crippen LogP contribution in [0.2, 0.25) is 10.0 Å². The maximum Gasteiger partial charge on any atom is 0.328 e. The van der Waals surface area contributed by atoms with Gasteiger partial charge in [-0.15, -0.1) is 0 Å². The lowest BCUT2D eigenvalue weighted by Gasteiger charge is -2.24. The van der Waals surface area contributed by atoms with Crippen molar-refractivity contribution >= 4 is 35.1 Å². The molecule has 0 bridgehead atoms. The largest absolute Gasteiger partial charge is 0.480 e. The molecule has 5 nitrogen and oxygen atoms in total. The molecule has 7 heteroatoms. The number of carbonyl (C=O) groups is 2. The lowest BCUT2D eigenvalue weighted by molar-refractivity contribution is -0.147. The number of carbonyl (C=O) groups excluding carboxylic acids is 1. The van der Waals surface area contributed by atoms with Gasteiger partial charge in [-0.25, -0.2) is 4.79 Å². The van der Waals surface area contributed by atoms with Crippen LogP contribution in [0.4, 0.5) is 0 Å². The molecule has 0 heterocycles. The quantitative estimate of drug-likeness (QED) is 0.875. The molecule has 110 valence electrons. The Morgan fingerprint density at radius 2 is 1.95 bits per heavy atom. The molecule has 1 aromatic rings. The summed E-state index contributed by atoms with van der Waals surface area (Å²) in [5.74, 6) is -1.39. The predicted octanol–water partition coefficient (Wildman–Crippen LogP) is 2.74. The van der Waals surface area contributed by atoms with E-state index in [-0.39, 0.29) is 5.02 Å². The molecule has 0 saturated carbocycles. The van der Waals surface area contributed by atoms with Crippen LogP contribution in [0.1, 0.15) is 20.8 Å². The number of aliphatic carboxylic acids is 1. The maximum absolute atomic E-state index is 11.9. The number of amides is 1. The van der Waals surface area contributed by atoms with Crippen LogP contribution >= 0.6 is 23.2 Å². The van der Waals surface area contributed by atoms with Crippen molar-refractivity contribution in [1.29, 1.82) is 0 Å². The summed E-state index contributed by atoms with van der Waals surface area (Å²) in [6.45, 7) is 4.27. The second kappa shape index (κ2) is 6.33. The lowest BCUT2D eigenvalue weighted by Crippen LogP contribution is -2.53. The monoisotopic (exact) mass is 319 g/mol. The number of nitrogens with one attached hydrogen (secondary N) is 1. The predicted molar refractivity (Wildman–Crippen MR) is 76.4 cm³/mol. The van der Waals surface area contributed by atoms with E-state index in [1.54, 1.807) is 6.07 Å². The Balaban J connectivity index is 2.73. The zero-order chi connectivity index (χ0) is 15.5. The van der Waals surface area contributed by atoms with Gasteiger partial charge in [0.1, 0.15) is 11.3 Å². The van der Waals surface area contributed by atoms with E-state index in [1.165, 1.54) is 32.9 Å². The fourth-order valence-electron chi connectivity index (χ4n) is 1.28. The van der Waals surface area contributed by atoms with E-state index >= 15 is 0 Å². The van der Waals surface area contributed by atoms with Gasteiger partial charge in [-0.05, 0) is 39.0 Å². The third kappa shape index (κ3) is 4.28. The minimum absolute atomic E-state index is 0.273. The minimum atomic E-state index is -1.38. The number of hydrogen-bond donors (Lipinski definition) is 2. The molecule has 0 aliphatic rings. The highest BCUT2D eigenvalue weighted by Crippen LogP contribution is 2.28. The third-order valence-corrected chi connectivity index (χ3v) is 3.07. The first-order chi connectivity index (χ1) is 9.13. The van der Waals surface area contributed by atoms with Gasteiger partial charge in [-0.2, -0.15) is 0 Å². The first-order valence-corrected chi connectivity index (χ1v) is 6.56. The molecule has 0 aromatic heterocycles. The number of carboxylic acid groups (broad SMARTS) is 1. The second-order valence-electron chi connectivity index (χ2n) is 4.75. The van der Waals surface area contributed by atoms with Crippen LogP contribution in [0.5, 0.6) is 5.75 Å². The van der Waals surface area contributed by atoms with Crippen LogP contribution in [0, 0.1) is 0 Å². The number of benzene rings is 1. The van der Waals surface area contributed by atoms with Crippen LogP contribution in [-0.4, -0.2) is 28.6 Å². The Hall–Kier alpha value is -1.46. The molecule has 1 rings (SSSR count). The molecule has 0 fully saturated rings. The van der Waals surface area contributed by atoms with Gasteiger partial charge in [-0.3, -0.25) is 4.79 Å². The molecule has 2 N–H and O–H groups in total. The second-order valence-corrected chi connectivity index (χ2v) is 5.60. The highest BCUT2D eigenvalue weighted by atomic mass is 35.5. The lowest BCUT2D eigenvalue weighted by atomic mass is 10.1. The Morgan fingerprint density at radius 1 is 1.35 bits per heavy atom. The highest BCUT2D eigenvalue weighted by Gasteiger charge is 2.31. The summed E-state index contributed by atoms with van der Waals surface area (Å²) in [6.07, 6.45) is -0.896. The third-order valence-electron chi connectivity index (χ3n) is 2.54. The van der Waals surface area contributed by atoms with Gasteiger partial charge in [-0.1, -0.05) is 23.2 Å². The van der Waals surface area contributed by atoms with Crippen molar-refractivity contribution in [3.05, 3.63) is 28.2 Å². The van der Waals surface area contributed by atoms with Crippen LogP contribution in [0.3, 0.4) is 0 Å². The van der Waals surface area contributed by atoms with Gasteiger partial charge < -0.3 is 15.2 Å². The van der Waals surface area contributed by atoms with E-state index in [1.807, 2.05) is 0 Å². The zero-order valence-electron chi connectivity index (χ0n) is 11.2. The average Bonchev–Trinajstić information content (AvgIpc) is 2.31. The fourth-order valence-corrected chi connectivity index (χ4v) is 1.73. The first kappa shape index (κ1) is 16.6. The van der Waals surface area contributed by atoms with E-state index in [4.69, 9.17) is 33.0 Å². The SMILES string of the molecule is CC(Oc1ccc(Cl)cc1Cl)C(=O)NC(C)(C)C(=O)O. The summed E-state index contributed by atoms with van der Waals surface area (Å²) in [5.41, 5.74) is -1.38. The zero-order valence-corrected chi connectivity index (χ0v) is 12.7. The van der Waals surface area contributed by atoms with Gasteiger partial charge >= 0.3 is 5.97 Å². The molecule has 0 aliphatic carbocycles. The van der Waals surface area contributed by atoms with Crippen molar-refractivity contribution in [2.45, 2.75) is 32.4 Å². The van der Waals surface area contributed by atoms with Crippen LogP contribution in [-0.2, 0) is 9.59 Å². The molecule has 0 saturated heterocycles. The Kier molecular flexibility index (Phi) is 5.25. The summed E-state index contributed by atoms with van der Waals surface area (Å²) >= 11 is 11.7. The summed E-state index contributed by atoms with van der Waals surface area (Å²) in [4.78, 5) is 22.8. The van der Waals surface area contributed by atoms with Crippen molar-refractivity contribution in [2.75, 3.05) is 0 Å². The van der Waals surface area contributed by atoms with Crippen molar-refractivity contribution in [3.63, 3.8) is 0 Å². The van der Waals surface area contributed by atoms with Gasteiger partial charge in [0.2, 0.25) is 0 Å². The van der Waals surface area contributed by atoms with Crippen molar-refractivity contribution in [2.24, 2.45) is 0 Å². The van der Waals surface area contributed by atoms with E-state index in [9.17, 15) is 9.59 Å². The van der Waals surface area contributed by atoms with Crippen LogP contribution in [0.25, 0.3) is 0 Å². The van der Waals surface area contributed by atoms with Gasteiger partial charge in [0.25, 0.3) is 5.91 Å². The Labute approximate surface area is 126 Å². The fraction of sp³-hybridized carbons (Fsp3) is 0.385. The number of halogens is 2. The van der Waals surface area contributed by atoms with Crippen molar-refractivity contribution in [1.82, 2.24) is 5.32 Å². The molecule has 0 aliphatic heterocycles. The summed E-state index contributed by atoms with van der Waals surface area (Å²) in [5, 5.41) is 12.0. The van der Waals surface area contributed by atoms with Gasteiger partial charge in [0, 0.05) is 5.02 Å². The average molecular weight is 320 g/mol. The molecule has 1 atom stereocenters. The van der Waals surface area contributed by atoms with Crippen molar-refractivity contribution < 1.29 is 19.4 Å². The molecular weight excluding hydrogens is 305 g/mol. The molecule has 1 unspecified atom stereocenters. The topological polar surface area (TPSA) is 75.6 Å². The van der Waals surface area contributed by atoms with Gasteiger partial charge in [0.15, 0.2) is 6.10 Å². The number of rotatable bonds is 5. The summed E-state index contributed by atoms with van der Waals surface area (Å²) in [6, 6.07) is 4.61. The molecule has 20 heavy (non-hydrogen) atoms. The minimum Gasteiger partial charge on any atom is -0.480 e. The summed E-state index contributed by atoms with van der Waals surface area (Å²) in [7, 11) is 0.